The quantitative estimate of drug-likeness (QED) is 0.559. The Bertz CT molecular complexity index is 742. The van der Waals surface area contributed by atoms with Gasteiger partial charge in [-0.25, -0.2) is 0 Å². The van der Waals surface area contributed by atoms with Gasteiger partial charge in [0, 0.05) is 21.2 Å². The molecule has 0 spiro atoms. The molecule has 2 rings (SSSR count). The van der Waals surface area contributed by atoms with Crippen molar-refractivity contribution in [2.24, 2.45) is 0 Å². The predicted molar refractivity (Wildman–Crippen MR) is 105 cm³/mol. The van der Waals surface area contributed by atoms with Gasteiger partial charge in [0.05, 0.1) is 7.11 Å². The molecule has 0 aromatic heterocycles. The lowest BCUT2D eigenvalue weighted by atomic mass is 9.83. The first kappa shape index (κ1) is 18.6. The summed E-state index contributed by atoms with van der Waals surface area (Å²) in [6, 6.07) is 10.3. The molecule has 0 heterocycles. The highest BCUT2D eigenvalue weighted by molar-refractivity contribution is 9.10. The van der Waals surface area contributed by atoms with Gasteiger partial charge in [-0.05, 0) is 42.2 Å². The molecule has 2 aromatic rings. The Kier molecular flexibility index (Phi) is 5.76. The number of ether oxygens (including phenoxy) is 2. The van der Waals surface area contributed by atoms with Crippen LogP contribution in [-0.2, 0) is 5.41 Å². The summed E-state index contributed by atoms with van der Waals surface area (Å²) < 4.78 is 12.5. The maximum Gasteiger partial charge on any atom is 0.131 e. The van der Waals surface area contributed by atoms with Crippen LogP contribution in [0, 0.1) is 6.92 Å². The molecule has 0 bridgehead atoms. The first-order chi connectivity index (χ1) is 11.3. The zero-order valence-corrected chi connectivity index (χ0v) is 16.7. The van der Waals surface area contributed by atoms with E-state index in [1.165, 1.54) is 11.1 Å². The Labute approximate surface area is 153 Å². The molecule has 0 aliphatic carbocycles. The predicted octanol–water partition coefficient (Wildman–Crippen LogP) is 6.30. The van der Waals surface area contributed by atoms with E-state index in [0.29, 0.717) is 6.61 Å². The van der Waals surface area contributed by atoms with Gasteiger partial charge in [-0.15, -0.1) is 0 Å². The van der Waals surface area contributed by atoms with Crippen LogP contribution < -0.4 is 9.47 Å². The average molecular weight is 389 g/mol. The number of rotatable bonds is 5. The van der Waals surface area contributed by atoms with E-state index in [-0.39, 0.29) is 5.41 Å². The average Bonchev–Trinajstić information content (AvgIpc) is 2.52. The van der Waals surface area contributed by atoms with Crippen LogP contribution >= 0.6 is 15.9 Å². The molecular weight excluding hydrogens is 364 g/mol. The smallest absolute Gasteiger partial charge is 0.131 e. The van der Waals surface area contributed by atoms with Gasteiger partial charge < -0.3 is 9.47 Å². The van der Waals surface area contributed by atoms with Crippen LogP contribution in [0.4, 0.5) is 0 Å². The summed E-state index contributed by atoms with van der Waals surface area (Å²) in [5.41, 5.74) is 4.49. The summed E-state index contributed by atoms with van der Waals surface area (Å²) in [6.45, 7) is 13.0. The monoisotopic (exact) mass is 388 g/mol. The minimum absolute atomic E-state index is 0.0252. The van der Waals surface area contributed by atoms with Gasteiger partial charge in [0.2, 0.25) is 0 Å². The molecule has 0 fully saturated rings. The van der Waals surface area contributed by atoms with Crippen LogP contribution in [0.5, 0.6) is 11.5 Å². The molecule has 0 atom stereocenters. The SMILES string of the molecule is C=CCOc1c(-c2cc(OC)ccc2Br)cc(C)cc1C(C)(C)C. The fourth-order valence-corrected chi connectivity index (χ4v) is 3.13. The third-order valence-corrected chi connectivity index (χ3v) is 4.54. The Morgan fingerprint density at radius 2 is 1.83 bits per heavy atom. The summed E-state index contributed by atoms with van der Waals surface area (Å²) in [4.78, 5) is 0. The number of aryl methyl sites for hydroxylation is 1. The number of hydrogen-bond acceptors (Lipinski definition) is 2. The normalized spacial score (nSPS) is 11.2. The molecule has 0 amide bonds. The molecule has 0 radical (unpaired) electrons. The Balaban J connectivity index is 2.77. The molecule has 0 saturated carbocycles. The zero-order valence-electron chi connectivity index (χ0n) is 15.1. The van der Waals surface area contributed by atoms with Crippen LogP contribution in [0.3, 0.4) is 0 Å². The standard InChI is InChI=1S/C21H25BrO2/c1-7-10-24-20-17(11-14(2)12-18(20)21(3,4)5)16-13-15(23-6)8-9-19(16)22/h7-9,11-13H,1,10H2,2-6H3. The Hall–Kier alpha value is -1.74. The van der Waals surface area contributed by atoms with E-state index in [1.807, 2.05) is 18.2 Å². The topological polar surface area (TPSA) is 18.5 Å². The van der Waals surface area contributed by atoms with Crippen molar-refractivity contribution in [1.82, 2.24) is 0 Å². The van der Waals surface area contributed by atoms with Gasteiger partial charge in [0.15, 0.2) is 0 Å². The van der Waals surface area contributed by atoms with Crippen molar-refractivity contribution >= 4 is 15.9 Å². The number of benzene rings is 2. The number of halogens is 1. The molecule has 0 unspecified atom stereocenters. The summed E-state index contributed by atoms with van der Waals surface area (Å²) in [7, 11) is 1.68. The second kappa shape index (κ2) is 7.43. The van der Waals surface area contributed by atoms with E-state index in [0.717, 1.165) is 27.1 Å². The first-order valence-electron chi connectivity index (χ1n) is 8.00. The fourth-order valence-electron chi connectivity index (χ4n) is 2.67. The van der Waals surface area contributed by atoms with E-state index in [2.05, 4.69) is 62.3 Å². The van der Waals surface area contributed by atoms with E-state index in [4.69, 9.17) is 9.47 Å². The van der Waals surface area contributed by atoms with Crippen molar-refractivity contribution in [2.75, 3.05) is 13.7 Å². The molecule has 0 saturated heterocycles. The Morgan fingerprint density at radius 1 is 1.12 bits per heavy atom. The number of hydrogen-bond donors (Lipinski definition) is 0. The van der Waals surface area contributed by atoms with Crippen molar-refractivity contribution in [2.45, 2.75) is 33.1 Å². The van der Waals surface area contributed by atoms with Gasteiger partial charge in [-0.2, -0.15) is 0 Å². The summed E-state index contributed by atoms with van der Waals surface area (Å²) in [5.74, 6) is 1.73. The molecular formula is C21H25BrO2. The molecule has 24 heavy (non-hydrogen) atoms. The third kappa shape index (κ3) is 4.02. The van der Waals surface area contributed by atoms with Crippen molar-refractivity contribution in [3.63, 3.8) is 0 Å². The first-order valence-corrected chi connectivity index (χ1v) is 8.80. The lowest BCUT2D eigenvalue weighted by molar-refractivity contribution is 0.352. The van der Waals surface area contributed by atoms with Crippen LogP contribution in [0.15, 0.2) is 47.5 Å². The molecule has 0 aliphatic rings. The lowest BCUT2D eigenvalue weighted by Gasteiger charge is -2.26. The Morgan fingerprint density at radius 3 is 2.42 bits per heavy atom. The van der Waals surface area contributed by atoms with Gasteiger partial charge in [0.25, 0.3) is 0 Å². The summed E-state index contributed by atoms with van der Waals surface area (Å²) in [5, 5.41) is 0. The minimum atomic E-state index is -0.0252. The van der Waals surface area contributed by atoms with Gasteiger partial charge in [0.1, 0.15) is 18.1 Å². The third-order valence-electron chi connectivity index (χ3n) is 3.85. The van der Waals surface area contributed by atoms with Crippen molar-refractivity contribution in [3.8, 4) is 22.6 Å². The molecule has 2 nitrogen and oxygen atoms in total. The molecule has 3 heteroatoms. The highest BCUT2D eigenvalue weighted by atomic mass is 79.9. The molecule has 0 N–H and O–H groups in total. The highest BCUT2D eigenvalue weighted by Gasteiger charge is 2.23. The van der Waals surface area contributed by atoms with Crippen molar-refractivity contribution in [1.29, 1.82) is 0 Å². The van der Waals surface area contributed by atoms with E-state index < -0.39 is 0 Å². The second-order valence-corrected chi connectivity index (χ2v) is 7.74. The minimum Gasteiger partial charge on any atom is -0.497 e. The largest absolute Gasteiger partial charge is 0.497 e. The van der Waals surface area contributed by atoms with Gasteiger partial charge in [-0.1, -0.05) is 55.4 Å². The van der Waals surface area contributed by atoms with E-state index >= 15 is 0 Å². The summed E-state index contributed by atoms with van der Waals surface area (Å²) >= 11 is 3.67. The zero-order chi connectivity index (χ0) is 17.9. The van der Waals surface area contributed by atoms with Crippen molar-refractivity contribution < 1.29 is 9.47 Å². The van der Waals surface area contributed by atoms with Crippen LogP contribution in [0.25, 0.3) is 11.1 Å². The van der Waals surface area contributed by atoms with Crippen molar-refractivity contribution in [3.05, 3.63) is 58.6 Å². The molecule has 0 aliphatic heterocycles. The maximum atomic E-state index is 6.10. The second-order valence-electron chi connectivity index (χ2n) is 6.88. The van der Waals surface area contributed by atoms with Crippen LogP contribution in [-0.4, -0.2) is 13.7 Å². The van der Waals surface area contributed by atoms with E-state index in [1.54, 1.807) is 13.2 Å². The number of methoxy groups -OCH3 is 1. The van der Waals surface area contributed by atoms with E-state index in [9.17, 15) is 0 Å². The van der Waals surface area contributed by atoms with Gasteiger partial charge in [-0.3, -0.25) is 0 Å². The maximum absolute atomic E-state index is 6.10. The molecule has 2 aromatic carbocycles. The van der Waals surface area contributed by atoms with Crippen LogP contribution in [0.1, 0.15) is 31.9 Å². The van der Waals surface area contributed by atoms with Gasteiger partial charge >= 0.3 is 0 Å². The highest BCUT2D eigenvalue weighted by Crippen LogP contribution is 2.43. The van der Waals surface area contributed by atoms with Crippen LogP contribution in [0.2, 0.25) is 0 Å². The molecule has 128 valence electrons. The fraction of sp³-hybridized carbons (Fsp3) is 0.333. The summed E-state index contributed by atoms with van der Waals surface area (Å²) in [6.07, 6.45) is 1.77. The lowest BCUT2D eigenvalue weighted by Crippen LogP contribution is -2.15.